The molecule has 0 spiro atoms. The van der Waals surface area contributed by atoms with Crippen molar-refractivity contribution in [1.82, 2.24) is 0 Å². The van der Waals surface area contributed by atoms with Crippen LogP contribution in [0.15, 0.2) is 71.6 Å². The molecule has 5 rings (SSSR count). The van der Waals surface area contributed by atoms with E-state index in [2.05, 4.69) is 0 Å². The van der Waals surface area contributed by atoms with Crippen LogP contribution in [-0.4, -0.2) is 106 Å². The molecule has 0 bridgehead atoms. The van der Waals surface area contributed by atoms with Gasteiger partial charge >= 0.3 is 29.8 Å². The molecule has 2 aliphatic carbocycles. The maximum absolute atomic E-state index is 15.2. The van der Waals surface area contributed by atoms with Crippen LogP contribution in [0, 0.1) is 12.7 Å². The van der Waals surface area contributed by atoms with Gasteiger partial charge in [-0.15, -0.1) is 0 Å². The lowest BCUT2D eigenvalue weighted by molar-refractivity contribution is -0.138. The largest absolute Gasteiger partial charge is 0.505 e. The number of ether oxygens (including phenoxy) is 2. The number of ketones is 1. The summed E-state index contributed by atoms with van der Waals surface area (Å²) in [5.74, 6) is -11.6. The molecule has 3 aromatic rings. The van der Waals surface area contributed by atoms with Crippen molar-refractivity contribution in [3.63, 3.8) is 0 Å². The molecule has 18 heteroatoms. The zero-order valence-corrected chi connectivity index (χ0v) is 31.0. The molecule has 0 atom stereocenters. The fourth-order valence-electron chi connectivity index (χ4n) is 6.87. The van der Waals surface area contributed by atoms with Crippen LogP contribution in [0.4, 0.5) is 20.2 Å². The van der Waals surface area contributed by atoms with Crippen molar-refractivity contribution >= 4 is 52.6 Å². The Hall–Kier alpha value is -7.24. The molecule has 0 saturated carbocycles. The van der Waals surface area contributed by atoms with Crippen molar-refractivity contribution in [3.05, 3.63) is 105 Å². The molecule has 0 heterocycles. The molecule has 0 aromatic heterocycles. The van der Waals surface area contributed by atoms with Gasteiger partial charge in [0.15, 0.2) is 17.4 Å². The second-order valence-corrected chi connectivity index (χ2v) is 13.8. The number of fused-ring (bicyclic) bond motifs is 2. The number of benzene rings is 3. The van der Waals surface area contributed by atoms with E-state index in [4.69, 9.17) is 9.47 Å². The maximum Gasteiger partial charge on any atom is 0.336 e. The number of allylic oxidation sites excluding steroid dienone is 5. The van der Waals surface area contributed by atoms with Gasteiger partial charge in [0.2, 0.25) is 5.78 Å². The van der Waals surface area contributed by atoms with E-state index in [0.29, 0.717) is 5.56 Å². The molecule has 16 nitrogen and oxygen atoms in total. The zero-order chi connectivity index (χ0) is 42.8. The lowest BCUT2D eigenvalue weighted by Crippen LogP contribution is -2.35. The minimum Gasteiger partial charge on any atom is -0.505 e. The highest BCUT2D eigenvalue weighted by Gasteiger charge is 2.41. The Balaban J connectivity index is 1.69. The van der Waals surface area contributed by atoms with Crippen molar-refractivity contribution in [1.29, 1.82) is 0 Å². The number of aryl methyl sites for hydroxylation is 1. The molecule has 0 amide bonds. The number of hydrogen-bond acceptors (Lipinski definition) is 11. The Morgan fingerprint density at radius 3 is 1.78 bits per heavy atom. The van der Waals surface area contributed by atoms with E-state index in [1.54, 1.807) is 26.8 Å². The normalized spacial score (nSPS) is 14.1. The topological polar surface area (TPSA) is 249 Å². The molecule has 2 aliphatic rings. The molecular formula is C40H36F2N2O14. The average Bonchev–Trinajstić information content (AvgIpc) is 3.11. The van der Waals surface area contributed by atoms with Crippen LogP contribution in [0.5, 0.6) is 17.2 Å². The number of halogens is 2. The van der Waals surface area contributed by atoms with Crippen molar-refractivity contribution in [3.8, 4) is 17.2 Å². The molecule has 0 unspecified atom stereocenters. The number of carboxylic acids is 5. The van der Waals surface area contributed by atoms with E-state index in [0.717, 1.165) is 46.2 Å². The molecule has 3 aromatic carbocycles. The number of anilines is 2. The Bertz CT molecular complexity index is 2330. The van der Waals surface area contributed by atoms with Crippen molar-refractivity contribution in [2.75, 3.05) is 49.2 Å². The molecule has 0 aliphatic heterocycles. The SMILES string of the molecule is Cc1ccc(N(CC(=O)O)CC(=O)O)c(OCCOc2cc(C3=C4C=C(F)C(=O)C=C4C(C)(C)c4cc(O)c(F)cc43)c(C(=O)O)cc2N(CC(=O)O)CC(=O)O)c1. The van der Waals surface area contributed by atoms with Gasteiger partial charge in [0.25, 0.3) is 0 Å². The second-order valence-electron chi connectivity index (χ2n) is 13.8. The molecule has 0 fully saturated rings. The monoisotopic (exact) mass is 806 g/mol. The minimum atomic E-state index is -1.63. The quantitative estimate of drug-likeness (QED) is 0.103. The fourth-order valence-corrected chi connectivity index (χ4v) is 6.87. The van der Waals surface area contributed by atoms with Gasteiger partial charge < -0.3 is 49.9 Å². The van der Waals surface area contributed by atoms with Crippen molar-refractivity contribution in [2.45, 2.75) is 26.2 Å². The Morgan fingerprint density at radius 1 is 0.707 bits per heavy atom. The van der Waals surface area contributed by atoms with Gasteiger partial charge in [0.05, 0.1) is 16.9 Å². The van der Waals surface area contributed by atoms with Crippen molar-refractivity contribution in [2.24, 2.45) is 0 Å². The smallest absolute Gasteiger partial charge is 0.336 e. The Labute approximate surface area is 327 Å². The molecule has 0 radical (unpaired) electrons. The first kappa shape index (κ1) is 41.9. The van der Waals surface area contributed by atoms with Gasteiger partial charge in [-0.2, -0.15) is 0 Å². The first-order valence-electron chi connectivity index (χ1n) is 17.3. The summed E-state index contributed by atoms with van der Waals surface area (Å²) in [7, 11) is 0. The number of nitrogens with zero attached hydrogens (tertiary/aromatic N) is 2. The van der Waals surface area contributed by atoms with E-state index >= 15 is 8.78 Å². The summed E-state index contributed by atoms with van der Waals surface area (Å²) in [6, 6.07) is 8.64. The third-order valence-electron chi connectivity index (χ3n) is 9.34. The highest BCUT2D eigenvalue weighted by Crippen LogP contribution is 2.53. The van der Waals surface area contributed by atoms with Gasteiger partial charge in [0, 0.05) is 11.0 Å². The van der Waals surface area contributed by atoms with E-state index in [-0.39, 0.29) is 62.9 Å². The van der Waals surface area contributed by atoms with Crippen LogP contribution in [0.2, 0.25) is 0 Å². The summed E-state index contributed by atoms with van der Waals surface area (Å²) >= 11 is 0. The van der Waals surface area contributed by atoms with Crippen LogP contribution in [0.25, 0.3) is 5.57 Å². The molecule has 304 valence electrons. The van der Waals surface area contributed by atoms with Crippen molar-refractivity contribution < 1.29 is 77.7 Å². The number of phenols is 1. The number of hydrogen-bond donors (Lipinski definition) is 6. The summed E-state index contributed by atoms with van der Waals surface area (Å²) in [6.07, 6.45) is 1.88. The molecule has 0 saturated heterocycles. The second kappa shape index (κ2) is 16.5. The van der Waals surface area contributed by atoms with Crippen LogP contribution < -0.4 is 19.3 Å². The fraction of sp³-hybridized carbons (Fsp3) is 0.250. The minimum absolute atomic E-state index is 0.00237. The van der Waals surface area contributed by atoms with Gasteiger partial charge in [0.1, 0.15) is 50.9 Å². The van der Waals surface area contributed by atoms with Gasteiger partial charge in [-0.25, -0.2) is 13.6 Å². The molecular weight excluding hydrogens is 770 g/mol. The number of carboxylic acid groups (broad SMARTS) is 5. The highest BCUT2D eigenvalue weighted by atomic mass is 19.1. The maximum atomic E-state index is 15.2. The van der Waals surface area contributed by atoms with Crippen LogP contribution in [-0.2, 0) is 29.4 Å². The van der Waals surface area contributed by atoms with Crippen LogP contribution >= 0.6 is 0 Å². The van der Waals surface area contributed by atoms with Crippen LogP contribution in [0.3, 0.4) is 0 Å². The lowest BCUT2D eigenvalue weighted by atomic mass is 9.64. The van der Waals surface area contributed by atoms with E-state index in [1.165, 1.54) is 12.1 Å². The first-order chi connectivity index (χ1) is 27.2. The van der Waals surface area contributed by atoms with E-state index < -0.39 is 96.8 Å². The van der Waals surface area contributed by atoms with Gasteiger partial charge in [-0.3, -0.25) is 24.0 Å². The Morgan fingerprint density at radius 2 is 1.24 bits per heavy atom. The lowest BCUT2D eigenvalue weighted by Gasteiger charge is -2.39. The summed E-state index contributed by atoms with van der Waals surface area (Å²) in [5.41, 5.74) is -1.30. The number of carbonyl (C=O) groups excluding carboxylic acids is 1. The predicted octanol–water partition coefficient (Wildman–Crippen LogP) is 4.40. The number of rotatable bonds is 17. The number of aliphatic carboxylic acids is 4. The average molecular weight is 807 g/mol. The number of phenolic OH excluding ortho intramolecular Hbond substituents is 1. The standard InChI is InChI=1S/C40H36F2N2O14/c1-19-4-5-28(43(15-34(47)48)16-35(49)50)32(8-19)57-6-7-58-33-12-20(21(39(55)56)11-29(33)44(17-36(51)52)18-37(53)54)38-22-9-26(41)30(45)13-24(22)40(2,3)25-14-31(46)27(42)10-23(25)38/h4-5,8-14,45H,6-7,15-18H2,1-3H3,(H,47,48)(H,49,50)(H,51,52)(H,53,54)(H,55,56). The predicted molar refractivity (Wildman–Crippen MR) is 200 cm³/mol. The van der Waals surface area contributed by atoms with E-state index in [9.17, 15) is 59.4 Å². The number of aromatic carboxylic acids is 1. The van der Waals surface area contributed by atoms with E-state index in [1.807, 2.05) is 0 Å². The first-order valence-corrected chi connectivity index (χ1v) is 17.3. The molecule has 58 heavy (non-hydrogen) atoms. The summed E-state index contributed by atoms with van der Waals surface area (Å²) < 4.78 is 42.2. The number of carbonyl (C=O) groups is 6. The third kappa shape index (κ3) is 8.75. The third-order valence-corrected chi connectivity index (χ3v) is 9.34. The van der Waals surface area contributed by atoms with Crippen LogP contribution in [0.1, 0.15) is 46.5 Å². The highest BCUT2D eigenvalue weighted by molar-refractivity contribution is 6.10. The summed E-state index contributed by atoms with van der Waals surface area (Å²) in [4.78, 5) is 74.4. The summed E-state index contributed by atoms with van der Waals surface area (Å²) in [6.45, 7) is 0.879. The Kier molecular flexibility index (Phi) is 11.9. The number of aromatic hydroxyl groups is 1. The zero-order valence-electron chi connectivity index (χ0n) is 31.0. The summed E-state index contributed by atoms with van der Waals surface area (Å²) in [5, 5.41) is 59.1. The molecule has 6 N–H and O–H groups in total. The van der Waals surface area contributed by atoms with Gasteiger partial charge in [-0.1, -0.05) is 19.9 Å². The van der Waals surface area contributed by atoms with Gasteiger partial charge in [-0.05, 0) is 88.9 Å².